The molecule has 4 nitrogen and oxygen atoms in total. The Morgan fingerprint density at radius 3 is 2.94 bits per heavy atom. The Morgan fingerprint density at radius 2 is 2.38 bits per heavy atom. The lowest BCUT2D eigenvalue weighted by Crippen LogP contribution is -2.32. The standard InChI is InChI=1S/C11H16N2O2S/c1-8(7-16-3)13(2)10-6-12-5-4-9(10)11(14)15/h4-6,8H,7H2,1-3H3,(H,14,15). The summed E-state index contributed by atoms with van der Waals surface area (Å²) in [4.78, 5) is 17.0. The Morgan fingerprint density at radius 1 is 1.69 bits per heavy atom. The minimum Gasteiger partial charge on any atom is -0.478 e. The molecule has 1 aromatic heterocycles. The summed E-state index contributed by atoms with van der Waals surface area (Å²) in [5.41, 5.74) is 0.960. The van der Waals surface area contributed by atoms with Crippen LogP contribution in [-0.4, -0.2) is 41.2 Å². The first-order chi connectivity index (χ1) is 7.57. The fourth-order valence-electron chi connectivity index (χ4n) is 1.44. The van der Waals surface area contributed by atoms with E-state index in [2.05, 4.69) is 11.9 Å². The first kappa shape index (κ1) is 12.8. The van der Waals surface area contributed by atoms with Crippen LogP contribution in [0.1, 0.15) is 17.3 Å². The largest absolute Gasteiger partial charge is 0.478 e. The number of hydrogen-bond donors (Lipinski definition) is 1. The molecule has 1 heterocycles. The summed E-state index contributed by atoms with van der Waals surface area (Å²) >= 11 is 1.74. The van der Waals surface area contributed by atoms with Gasteiger partial charge in [-0.3, -0.25) is 4.98 Å². The third-order valence-electron chi connectivity index (χ3n) is 2.48. The summed E-state index contributed by atoms with van der Waals surface area (Å²) in [5, 5.41) is 9.07. The summed E-state index contributed by atoms with van der Waals surface area (Å²) < 4.78 is 0. The van der Waals surface area contributed by atoms with E-state index in [1.165, 1.54) is 12.3 Å². The first-order valence-electron chi connectivity index (χ1n) is 4.97. The lowest BCUT2D eigenvalue weighted by molar-refractivity contribution is 0.0697. The molecule has 5 heteroatoms. The zero-order valence-electron chi connectivity index (χ0n) is 9.67. The normalized spacial score (nSPS) is 12.2. The number of carbonyl (C=O) groups is 1. The van der Waals surface area contributed by atoms with Gasteiger partial charge in [0.15, 0.2) is 0 Å². The molecule has 0 aromatic carbocycles. The molecule has 1 atom stereocenters. The highest BCUT2D eigenvalue weighted by molar-refractivity contribution is 7.98. The maximum absolute atomic E-state index is 11.0. The number of nitrogens with zero attached hydrogens (tertiary/aromatic N) is 2. The van der Waals surface area contributed by atoms with Crippen LogP contribution in [0.2, 0.25) is 0 Å². The SMILES string of the molecule is CSCC(C)N(C)c1cnccc1C(=O)O. The van der Waals surface area contributed by atoms with Crippen LogP contribution in [0.5, 0.6) is 0 Å². The molecule has 0 aliphatic carbocycles. The molecule has 0 radical (unpaired) electrons. The minimum atomic E-state index is -0.916. The molecule has 0 saturated heterocycles. The van der Waals surface area contributed by atoms with E-state index in [9.17, 15) is 4.79 Å². The third-order valence-corrected chi connectivity index (χ3v) is 3.30. The molecular formula is C11H16N2O2S. The Kier molecular flexibility index (Phi) is 4.61. The second-order valence-electron chi connectivity index (χ2n) is 3.61. The maximum atomic E-state index is 11.0. The van der Waals surface area contributed by atoms with Crippen LogP contribution in [0, 0.1) is 0 Å². The number of carboxylic acids is 1. The lowest BCUT2D eigenvalue weighted by Gasteiger charge is -2.27. The second-order valence-corrected chi connectivity index (χ2v) is 4.52. The third kappa shape index (κ3) is 2.88. The predicted octanol–water partition coefficient (Wildman–Crippen LogP) is 1.97. The quantitative estimate of drug-likeness (QED) is 0.852. The Bertz CT molecular complexity index is 371. The number of pyridine rings is 1. The molecule has 0 aliphatic rings. The van der Waals surface area contributed by atoms with E-state index >= 15 is 0 Å². The summed E-state index contributed by atoms with van der Waals surface area (Å²) in [6.45, 7) is 2.06. The fourth-order valence-corrected chi connectivity index (χ4v) is 2.14. The molecule has 1 rings (SSSR count). The lowest BCUT2D eigenvalue weighted by atomic mass is 10.2. The maximum Gasteiger partial charge on any atom is 0.337 e. The molecule has 0 fully saturated rings. The molecular weight excluding hydrogens is 224 g/mol. The van der Waals surface area contributed by atoms with Crippen LogP contribution in [0.4, 0.5) is 5.69 Å². The van der Waals surface area contributed by atoms with Crippen molar-refractivity contribution in [3.63, 3.8) is 0 Å². The monoisotopic (exact) mass is 240 g/mol. The molecule has 0 amide bonds. The van der Waals surface area contributed by atoms with E-state index in [0.717, 1.165) is 5.75 Å². The zero-order valence-corrected chi connectivity index (χ0v) is 10.5. The van der Waals surface area contributed by atoms with Crippen molar-refractivity contribution in [1.82, 2.24) is 4.98 Å². The zero-order chi connectivity index (χ0) is 12.1. The number of aromatic carboxylic acids is 1. The Labute approximate surface area is 99.7 Å². The van der Waals surface area contributed by atoms with Crippen molar-refractivity contribution in [1.29, 1.82) is 0 Å². The van der Waals surface area contributed by atoms with E-state index in [4.69, 9.17) is 5.11 Å². The van der Waals surface area contributed by atoms with Gasteiger partial charge < -0.3 is 10.0 Å². The number of rotatable bonds is 5. The number of carboxylic acid groups (broad SMARTS) is 1. The van der Waals surface area contributed by atoms with Gasteiger partial charge in [0.2, 0.25) is 0 Å². The van der Waals surface area contributed by atoms with Crippen molar-refractivity contribution in [2.75, 3.05) is 24.0 Å². The van der Waals surface area contributed by atoms with E-state index in [0.29, 0.717) is 11.3 Å². The highest BCUT2D eigenvalue weighted by atomic mass is 32.2. The minimum absolute atomic E-state index is 0.275. The number of anilines is 1. The average Bonchev–Trinajstić information content (AvgIpc) is 2.28. The second kappa shape index (κ2) is 5.75. The van der Waals surface area contributed by atoms with Crippen LogP contribution >= 0.6 is 11.8 Å². The van der Waals surface area contributed by atoms with Crippen molar-refractivity contribution in [2.24, 2.45) is 0 Å². The van der Waals surface area contributed by atoms with Gasteiger partial charge in [0.1, 0.15) is 0 Å². The number of thioether (sulfide) groups is 1. The van der Waals surface area contributed by atoms with Crippen molar-refractivity contribution in [3.05, 3.63) is 24.0 Å². The highest BCUT2D eigenvalue weighted by Gasteiger charge is 2.16. The summed E-state index contributed by atoms with van der Waals surface area (Å²) in [7, 11) is 1.89. The summed E-state index contributed by atoms with van der Waals surface area (Å²) in [6.07, 6.45) is 5.13. The van der Waals surface area contributed by atoms with Crippen molar-refractivity contribution in [3.8, 4) is 0 Å². The molecule has 0 aliphatic heterocycles. The van der Waals surface area contributed by atoms with Gasteiger partial charge in [-0.2, -0.15) is 11.8 Å². The topological polar surface area (TPSA) is 53.4 Å². The molecule has 0 spiro atoms. The molecule has 1 unspecified atom stereocenters. The summed E-state index contributed by atoms with van der Waals surface area (Å²) in [6, 6.07) is 1.80. The number of aromatic nitrogens is 1. The van der Waals surface area contributed by atoms with Gasteiger partial charge in [0.05, 0.1) is 17.4 Å². The predicted molar refractivity (Wildman–Crippen MR) is 67.4 cm³/mol. The molecule has 0 saturated carbocycles. The van der Waals surface area contributed by atoms with Crippen LogP contribution in [0.25, 0.3) is 0 Å². The number of hydrogen-bond acceptors (Lipinski definition) is 4. The van der Waals surface area contributed by atoms with Gasteiger partial charge in [-0.05, 0) is 19.2 Å². The van der Waals surface area contributed by atoms with Crippen LogP contribution in [0.15, 0.2) is 18.5 Å². The smallest absolute Gasteiger partial charge is 0.337 e. The average molecular weight is 240 g/mol. The van der Waals surface area contributed by atoms with Crippen LogP contribution in [-0.2, 0) is 0 Å². The van der Waals surface area contributed by atoms with Gasteiger partial charge >= 0.3 is 5.97 Å². The van der Waals surface area contributed by atoms with E-state index in [1.807, 2.05) is 18.2 Å². The van der Waals surface area contributed by atoms with E-state index < -0.39 is 5.97 Å². The van der Waals surface area contributed by atoms with Gasteiger partial charge in [-0.15, -0.1) is 0 Å². The molecule has 88 valence electrons. The Balaban J connectivity index is 2.98. The van der Waals surface area contributed by atoms with Gasteiger partial charge in [-0.1, -0.05) is 0 Å². The molecule has 0 bridgehead atoms. The van der Waals surface area contributed by atoms with Gasteiger partial charge in [0, 0.05) is 25.0 Å². The molecule has 1 aromatic rings. The highest BCUT2D eigenvalue weighted by Crippen LogP contribution is 2.20. The van der Waals surface area contributed by atoms with Gasteiger partial charge in [-0.25, -0.2) is 4.79 Å². The first-order valence-corrected chi connectivity index (χ1v) is 6.36. The molecule has 16 heavy (non-hydrogen) atoms. The van der Waals surface area contributed by atoms with Crippen LogP contribution < -0.4 is 4.90 Å². The Hall–Kier alpha value is -1.23. The summed E-state index contributed by atoms with van der Waals surface area (Å²) in [5.74, 6) is 0.0328. The van der Waals surface area contributed by atoms with E-state index in [-0.39, 0.29) is 6.04 Å². The van der Waals surface area contributed by atoms with Crippen molar-refractivity contribution >= 4 is 23.4 Å². The van der Waals surface area contributed by atoms with E-state index in [1.54, 1.807) is 18.0 Å². The van der Waals surface area contributed by atoms with Crippen LogP contribution in [0.3, 0.4) is 0 Å². The van der Waals surface area contributed by atoms with Gasteiger partial charge in [0.25, 0.3) is 0 Å². The fraction of sp³-hybridized carbons (Fsp3) is 0.455. The van der Waals surface area contributed by atoms with Crippen molar-refractivity contribution < 1.29 is 9.90 Å². The molecule has 1 N–H and O–H groups in total. The van der Waals surface area contributed by atoms with Crippen molar-refractivity contribution in [2.45, 2.75) is 13.0 Å².